The van der Waals surface area contributed by atoms with Crippen LogP contribution in [-0.4, -0.2) is 31.0 Å². The molecule has 5 heteroatoms. The minimum Gasteiger partial charge on any atom is -0.352 e. The topological polar surface area (TPSA) is 63.1 Å². The number of nitrogens with zero attached hydrogens (tertiary/aromatic N) is 1. The molecule has 0 aromatic heterocycles. The van der Waals surface area contributed by atoms with Crippen molar-refractivity contribution in [1.82, 2.24) is 5.48 Å². The van der Waals surface area contributed by atoms with Crippen molar-refractivity contribution < 1.29 is 14.7 Å². The molecule has 2 N–H and O–H groups in total. The Morgan fingerprint density at radius 1 is 1.29 bits per heavy atom. The first kappa shape index (κ1) is 15.9. The molecule has 1 aromatic rings. The molecule has 0 spiro atoms. The molecule has 2 rings (SSSR count). The molecule has 1 aromatic carbocycles. The fourth-order valence-electron chi connectivity index (χ4n) is 2.22. The second-order valence-electron chi connectivity index (χ2n) is 6.16. The van der Waals surface area contributed by atoms with Crippen LogP contribution in [-0.2, 0) is 15.9 Å². The van der Waals surface area contributed by atoms with Gasteiger partial charge < -0.3 is 9.47 Å². The summed E-state index contributed by atoms with van der Waals surface area (Å²) in [4.78, 5) is 4.01. The van der Waals surface area contributed by atoms with Crippen molar-refractivity contribution in [3.8, 4) is 0 Å². The lowest BCUT2D eigenvalue weighted by molar-refractivity contribution is -0.223. The van der Waals surface area contributed by atoms with Gasteiger partial charge in [-0.2, -0.15) is 0 Å². The SMILES string of the molecule is CC1(C)COC(CCCc2ccc(N=CNO)cc2)OC1. The van der Waals surface area contributed by atoms with Crippen LogP contribution in [0.15, 0.2) is 29.3 Å². The zero-order valence-corrected chi connectivity index (χ0v) is 12.7. The molecule has 0 amide bonds. The third-order valence-electron chi connectivity index (χ3n) is 3.43. The Labute approximate surface area is 125 Å². The van der Waals surface area contributed by atoms with Gasteiger partial charge in [-0.15, -0.1) is 0 Å². The number of aryl methyl sites for hydroxylation is 1. The number of aliphatic imine (C=N–C) groups is 1. The average Bonchev–Trinajstić information content (AvgIpc) is 2.48. The number of hydrogen-bond acceptors (Lipinski definition) is 4. The molecule has 0 aliphatic carbocycles. The van der Waals surface area contributed by atoms with Crippen molar-refractivity contribution in [2.75, 3.05) is 13.2 Å². The van der Waals surface area contributed by atoms with E-state index in [0.717, 1.165) is 38.2 Å². The fourth-order valence-corrected chi connectivity index (χ4v) is 2.22. The Morgan fingerprint density at radius 3 is 2.57 bits per heavy atom. The maximum absolute atomic E-state index is 8.43. The lowest BCUT2D eigenvalue weighted by Crippen LogP contribution is -2.37. The third-order valence-corrected chi connectivity index (χ3v) is 3.43. The van der Waals surface area contributed by atoms with Crippen molar-refractivity contribution in [3.05, 3.63) is 29.8 Å². The molecule has 0 unspecified atom stereocenters. The third kappa shape index (κ3) is 5.46. The summed E-state index contributed by atoms with van der Waals surface area (Å²) in [5, 5.41) is 8.43. The van der Waals surface area contributed by atoms with Gasteiger partial charge in [0.15, 0.2) is 6.29 Å². The molecule has 5 nitrogen and oxygen atoms in total. The van der Waals surface area contributed by atoms with Gasteiger partial charge in [0, 0.05) is 5.41 Å². The molecule has 1 aliphatic rings. The first-order valence-corrected chi connectivity index (χ1v) is 7.33. The Bertz CT molecular complexity index is 447. The first-order valence-electron chi connectivity index (χ1n) is 7.33. The van der Waals surface area contributed by atoms with Gasteiger partial charge in [0.2, 0.25) is 0 Å². The average molecular weight is 292 g/mol. The van der Waals surface area contributed by atoms with Crippen LogP contribution in [0.1, 0.15) is 32.3 Å². The van der Waals surface area contributed by atoms with E-state index >= 15 is 0 Å². The summed E-state index contributed by atoms with van der Waals surface area (Å²) in [7, 11) is 0. The maximum atomic E-state index is 8.43. The van der Waals surface area contributed by atoms with Crippen molar-refractivity contribution in [3.63, 3.8) is 0 Å². The largest absolute Gasteiger partial charge is 0.352 e. The second-order valence-corrected chi connectivity index (χ2v) is 6.16. The Kier molecular flexibility index (Phi) is 5.73. The van der Waals surface area contributed by atoms with Crippen LogP contribution in [0, 0.1) is 5.41 Å². The molecular formula is C16H24N2O3. The number of hydrogen-bond donors (Lipinski definition) is 2. The maximum Gasteiger partial charge on any atom is 0.157 e. The molecule has 116 valence electrons. The summed E-state index contributed by atoms with van der Waals surface area (Å²) >= 11 is 0. The quantitative estimate of drug-likeness (QED) is 0.480. The van der Waals surface area contributed by atoms with Crippen LogP contribution >= 0.6 is 0 Å². The van der Waals surface area contributed by atoms with E-state index in [1.54, 1.807) is 0 Å². The first-order chi connectivity index (χ1) is 10.1. The summed E-state index contributed by atoms with van der Waals surface area (Å²) in [5.74, 6) is 0. The molecule has 1 aliphatic heterocycles. The lowest BCUT2D eigenvalue weighted by Gasteiger charge is -2.34. The van der Waals surface area contributed by atoms with Crippen LogP contribution in [0.2, 0.25) is 0 Å². The van der Waals surface area contributed by atoms with Gasteiger partial charge in [0.1, 0.15) is 6.34 Å². The van der Waals surface area contributed by atoms with Gasteiger partial charge in [0.05, 0.1) is 18.9 Å². The monoisotopic (exact) mass is 292 g/mol. The number of rotatable bonds is 6. The van der Waals surface area contributed by atoms with E-state index < -0.39 is 0 Å². The highest BCUT2D eigenvalue weighted by molar-refractivity contribution is 5.59. The van der Waals surface area contributed by atoms with E-state index in [1.807, 2.05) is 17.6 Å². The smallest absolute Gasteiger partial charge is 0.157 e. The predicted molar refractivity (Wildman–Crippen MR) is 81.9 cm³/mol. The molecule has 0 bridgehead atoms. The van der Waals surface area contributed by atoms with E-state index in [4.69, 9.17) is 14.7 Å². The molecule has 1 saturated heterocycles. The molecule has 0 radical (unpaired) electrons. The van der Waals surface area contributed by atoms with Gasteiger partial charge in [-0.3, -0.25) is 10.7 Å². The zero-order valence-electron chi connectivity index (χ0n) is 12.7. The van der Waals surface area contributed by atoms with E-state index in [9.17, 15) is 0 Å². The van der Waals surface area contributed by atoms with Crippen LogP contribution in [0.4, 0.5) is 5.69 Å². The minimum atomic E-state index is -0.0578. The summed E-state index contributed by atoms with van der Waals surface area (Å²) in [6.07, 6.45) is 4.14. The molecule has 1 heterocycles. The summed E-state index contributed by atoms with van der Waals surface area (Å²) in [5.41, 5.74) is 4.10. The fraction of sp³-hybridized carbons (Fsp3) is 0.562. The highest BCUT2D eigenvalue weighted by atomic mass is 16.7. The van der Waals surface area contributed by atoms with Crippen LogP contribution in [0.25, 0.3) is 0 Å². The van der Waals surface area contributed by atoms with E-state index in [0.29, 0.717) is 0 Å². The summed E-state index contributed by atoms with van der Waals surface area (Å²) in [6.45, 7) is 5.84. The van der Waals surface area contributed by atoms with Gasteiger partial charge in [-0.25, -0.2) is 4.99 Å². The van der Waals surface area contributed by atoms with E-state index in [2.05, 4.69) is 31.0 Å². The van der Waals surface area contributed by atoms with Gasteiger partial charge in [-0.1, -0.05) is 26.0 Å². The van der Waals surface area contributed by atoms with Crippen LogP contribution in [0.5, 0.6) is 0 Å². The number of nitrogens with one attached hydrogen (secondary N) is 1. The molecule has 0 saturated carbocycles. The standard InChI is InChI=1S/C16H24N2O3/c1-16(2)10-20-15(21-11-16)5-3-4-13-6-8-14(9-7-13)17-12-18-19/h6-9,12,15,19H,3-5,10-11H2,1-2H3,(H,17,18). The molecule has 21 heavy (non-hydrogen) atoms. The van der Waals surface area contributed by atoms with Crippen LogP contribution < -0.4 is 5.48 Å². The van der Waals surface area contributed by atoms with Crippen molar-refractivity contribution in [1.29, 1.82) is 0 Å². The van der Waals surface area contributed by atoms with E-state index in [-0.39, 0.29) is 11.7 Å². The van der Waals surface area contributed by atoms with Gasteiger partial charge >= 0.3 is 0 Å². The lowest BCUT2D eigenvalue weighted by atomic mass is 9.95. The Morgan fingerprint density at radius 2 is 1.95 bits per heavy atom. The Balaban J connectivity index is 1.70. The zero-order chi connectivity index (χ0) is 15.1. The number of hydroxylamine groups is 1. The molecular weight excluding hydrogens is 268 g/mol. The van der Waals surface area contributed by atoms with Gasteiger partial charge in [-0.05, 0) is 37.0 Å². The van der Waals surface area contributed by atoms with Crippen molar-refractivity contribution in [2.45, 2.75) is 39.4 Å². The van der Waals surface area contributed by atoms with E-state index in [1.165, 1.54) is 11.9 Å². The van der Waals surface area contributed by atoms with Crippen molar-refractivity contribution in [2.24, 2.45) is 10.4 Å². The van der Waals surface area contributed by atoms with Gasteiger partial charge in [0.25, 0.3) is 0 Å². The number of ether oxygens (including phenoxy) is 2. The van der Waals surface area contributed by atoms with Crippen molar-refractivity contribution >= 4 is 12.0 Å². The highest BCUT2D eigenvalue weighted by Gasteiger charge is 2.27. The number of benzene rings is 1. The minimum absolute atomic E-state index is 0.0578. The summed E-state index contributed by atoms with van der Waals surface area (Å²) < 4.78 is 11.4. The molecule has 1 fully saturated rings. The predicted octanol–water partition coefficient (Wildman–Crippen LogP) is 3.05. The summed E-state index contributed by atoms with van der Waals surface area (Å²) in [6, 6.07) is 7.96. The second kappa shape index (κ2) is 7.54. The Hall–Kier alpha value is -1.43. The molecule has 0 atom stereocenters. The normalized spacial score (nSPS) is 19.0. The highest BCUT2D eigenvalue weighted by Crippen LogP contribution is 2.25. The van der Waals surface area contributed by atoms with Crippen LogP contribution in [0.3, 0.4) is 0 Å².